The smallest absolute Gasteiger partial charge is 0.224 e. The third kappa shape index (κ3) is 4.62. The summed E-state index contributed by atoms with van der Waals surface area (Å²) in [6.45, 7) is 5.09. The van der Waals surface area contributed by atoms with Crippen LogP contribution in [0, 0.1) is 5.41 Å². The molecule has 1 unspecified atom stereocenters. The fraction of sp³-hybridized carbons (Fsp3) is 0.533. The molecule has 0 saturated carbocycles. The quantitative estimate of drug-likeness (QED) is 0.893. The Morgan fingerprint density at radius 1 is 1.42 bits per heavy atom. The van der Waals surface area contributed by atoms with Gasteiger partial charge in [-0.15, -0.1) is 0 Å². The van der Waals surface area contributed by atoms with Crippen LogP contribution < -0.4 is 10.6 Å². The average Bonchev–Trinajstić information content (AvgIpc) is 2.40. The number of hydrogen-bond donors (Lipinski definition) is 2. The topological polar surface area (TPSA) is 41.1 Å². The molecule has 1 amide bonds. The molecule has 0 aromatic heterocycles. The Kier molecular flexibility index (Phi) is 4.99. The van der Waals surface area contributed by atoms with Crippen molar-refractivity contribution < 1.29 is 4.79 Å². The van der Waals surface area contributed by atoms with Crippen LogP contribution in [0.25, 0.3) is 0 Å². The minimum atomic E-state index is 0.106. The number of carbonyl (C=O) groups excluding carboxylic acids is 1. The van der Waals surface area contributed by atoms with Gasteiger partial charge in [-0.2, -0.15) is 0 Å². The molecule has 1 fully saturated rings. The van der Waals surface area contributed by atoms with E-state index in [9.17, 15) is 4.79 Å². The van der Waals surface area contributed by atoms with Gasteiger partial charge in [0, 0.05) is 17.6 Å². The van der Waals surface area contributed by atoms with E-state index >= 15 is 0 Å². The minimum absolute atomic E-state index is 0.106. The van der Waals surface area contributed by atoms with Crippen LogP contribution in [0.15, 0.2) is 28.7 Å². The average molecular weight is 325 g/mol. The molecule has 1 aromatic rings. The molecule has 0 bridgehead atoms. The highest BCUT2D eigenvalue weighted by Gasteiger charge is 2.26. The van der Waals surface area contributed by atoms with E-state index in [2.05, 4.69) is 33.5 Å². The maximum atomic E-state index is 11.9. The SMILES string of the molecule is CC1(CNC(=O)Cc2ccc(Br)cc2)CCCNC1. The van der Waals surface area contributed by atoms with Crippen LogP contribution >= 0.6 is 15.9 Å². The van der Waals surface area contributed by atoms with E-state index in [0.717, 1.165) is 29.7 Å². The van der Waals surface area contributed by atoms with E-state index < -0.39 is 0 Å². The van der Waals surface area contributed by atoms with Crippen molar-refractivity contribution in [1.82, 2.24) is 10.6 Å². The highest BCUT2D eigenvalue weighted by Crippen LogP contribution is 2.24. The summed E-state index contributed by atoms with van der Waals surface area (Å²) < 4.78 is 1.04. The summed E-state index contributed by atoms with van der Waals surface area (Å²) in [5.74, 6) is 0.106. The molecule has 1 saturated heterocycles. The number of hydrogen-bond acceptors (Lipinski definition) is 2. The summed E-state index contributed by atoms with van der Waals surface area (Å²) in [5, 5.41) is 6.46. The molecular weight excluding hydrogens is 304 g/mol. The predicted molar refractivity (Wildman–Crippen MR) is 81.1 cm³/mol. The van der Waals surface area contributed by atoms with Crippen molar-refractivity contribution in [1.29, 1.82) is 0 Å². The van der Waals surface area contributed by atoms with Gasteiger partial charge in [0.05, 0.1) is 6.42 Å². The van der Waals surface area contributed by atoms with Crippen molar-refractivity contribution >= 4 is 21.8 Å². The van der Waals surface area contributed by atoms with E-state index in [1.807, 2.05) is 24.3 Å². The van der Waals surface area contributed by atoms with E-state index in [4.69, 9.17) is 0 Å². The van der Waals surface area contributed by atoms with Crippen LogP contribution in [-0.2, 0) is 11.2 Å². The summed E-state index contributed by atoms with van der Waals surface area (Å²) in [6, 6.07) is 7.89. The molecule has 2 rings (SSSR count). The number of rotatable bonds is 4. The fourth-order valence-electron chi connectivity index (χ4n) is 2.43. The predicted octanol–water partition coefficient (Wildman–Crippen LogP) is 2.50. The number of benzene rings is 1. The Labute approximate surface area is 123 Å². The zero-order valence-corrected chi connectivity index (χ0v) is 12.9. The first kappa shape index (κ1) is 14.5. The monoisotopic (exact) mass is 324 g/mol. The first-order chi connectivity index (χ1) is 9.07. The van der Waals surface area contributed by atoms with Crippen molar-refractivity contribution in [2.24, 2.45) is 5.41 Å². The summed E-state index contributed by atoms with van der Waals surface area (Å²) in [7, 11) is 0. The first-order valence-corrected chi connectivity index (χ1v) is 7.59. The molecule has 0 radical (unpaired) electrons. The van der Waals surface area contributed by atoms with Crippen molar-refractivity contribution in [2.45, 2.75) is 26.2 Å². The molecule has 0 spiro atoms. The number of piperidine rings is 1. The number of amides is 1. The lowest BCUT2D eigenvalue weighted by Gasteiger charge is -2.34. The van der Waals surface area contributed by atoms with Crippen LogP contribution in [0.1, 0.15) is 25.3 Å². The van der Waals surface area contributed by atoms with Crippen molar-refractivity contribution in [3.05, 3.63) is 34.3 Å². The summed E-state index contributed by atoms with van der Waals surface area (Å²) in [5.41, 5.74) is 1.25. The summed E-state index contributed by atoms with van der Waals surface area (Å²) in [6.07, 6.45) is 2.83. The van der Waals surface area contributed by atoms with Crippen molar-refractivity contribution in [3.8, 4) is 0 Å². The van der Waals surface area contributed by atoms with Crippen LogP contribution in [0.5, 0.6) is 0 Å². The van der Waals surface area contributed by atoms with E-state index in [-0.39, 0.29) is 11.3 Å². The molecule has 19 heavy (non-hydrogen) atoms. The lowest BCUT2D eigenvalue weighted by atomic mass is 9.83. The standard InChI is InChI=1S/C15H21BrN2O/c1-15(7-2-8-17-10-15)11-18-14(19)9-12-3-5-13(16)6-4-12/h3-6,17H,2,7-11H2,1H3,(H,18,19). The number of nitrogens with one attached hydrogen (secondary N) is 2. The zero-order chi connectivity index (χ0) is 13.7. The Bertz CT molecular complexity index is 424. The zero-order valence-electron chi connectivity index (χ0n) is 11.3. The molecule has 1 aliphatic heterocycles. The number of carbonyl (C=O) groups is 1. The Morgan fingerprint density at radius 3 is 2.79 bits per heavy atom. The van der Waals surface area contributed by atoms with Gasteiger partial charge in [-0.1, -0.05) is 35.0 Å². The molecule has 2 N–H and O–H groups in total. The van der Waals surface area contributed by atoms with Gasteiger partial charge in [0.1, 0.15) is 0 Å². The van der Waals surface area contributed by atoms with Gasteiger partial charge in [0.2, 0.25) is 5.91 Å². The largest absolute Gasteiger partial charge is 0.355 e. The highest BCUT2D eigenvalue weighted by atomic mass is 79.9. The first-order valence-electron chi connectivity index (χ1n) is 6.79. The molecule has 1 atom stereocenters. The fourth-order valence-corrected chi connectivity index (χ4v) is 2.70. The highest BCUT2D eigenvalue weighted by molar-refractivity contribution is 9.10. The van der Waals surface area contributed by atoms with Crippen molar-refractivity contribution in [2.75, 3.05) is 19.6 Å². The Balaban J connectivity index is 1.79. The summed E-state index contributed by atoms with van der Waals surface area (Å²) in [4.78, 5) is 11.9. The molecule has 4 heteroatoms. The molecule has 0 aliphatic carbocycles. The molecule has 104 valence electrons. The molecule has 1 aliphatic rings. The van der Waals surface area contributed by atoms with E-state index in [1.54, 1.807) is 0 Å². The number of halogens is 1. The lowest BCUT2D eigenvalue weighted by Crippen LogP contribution is -2.45. The maximum Gasteiger partial charge on any atom is 0.224 e. The van der Waals surface area contributed by atoms with E-state index in [1.165, 1.54) is 12.8 Å². The van der Waals surface area contributed by atoms with Gasteiger partial charge in [-0.05, 0) is 42.5 Å². The van der Waals surface area contributed by atoms with Gasteiger partial charge in [-0.3, -0.25) is 4.79 Å². The van der Waals surface area contributed by atoms with Crippen LogP contribution in [0.3, 0.4) is 0 Å². The van der Waals surface area contributed by atoms with Gasteiger partial charge < -0.3 is 10.6 Å². The van der Waals surface area contributed by atoms with Crippen LogP contribution in [0.4, 0.5) is 0 Å². The second kappa shape index (κ2) is 6.53. The van der Waals surface area contributed by atoms with Crippen LogP contribution in [-0.4, -0.2) is 25.5 Å². The van der Waals surface area contributed by atoms with Gasteiger partial charge >= 0.3 is 0 Å². The Hall–Kier alpha value is -0.870. The lowest BCUT2D eigenvalue weighted by molar-refractivity contribution is -0.121. The third-order valence-electron chi connectivity index (χ3n) is 3.68. The Morgan fingerprint density at radius 2 is 2.16 bits per heavy atom. The van der Waals surface area contributed by atoms with Gasteiger partial charge in [0.15, 0.2) is 0 Å². The van der Waals surface area contributed by atoms with Crippen molar-refractivity contribution in [3.63, 3.8) is 0 Å². The van der Waals surface area contributed by atoms with E-state index in [0.29, 0.717) is 6.42 Å². The molecule has 1 heterocycles. The van der Waals surface area contributed by atoms with Gasteiger partial charge in [-0.25, -0.2) is 0 Å². The second-order valence-corrected chi connectivity index (χ2v) is 6.59. The van der Waals surface area contributed by atoms with Crippen LogP contribution in [0.2, 0.25) is 0 Å². The second-order valence-electron chi connectivity index (χ2n) is 5.67. The molecule has 1 aromatic carbocycles. The molecular formula is C15H21BrN2O. The minimum Gasteiger partial charge on any atom is -0.355 e. The van der Waals surface area contributed by atoms with Gasteiger partial charge in [0.25, 0.3) is 0 Å². The third-order valence-corrected chi connectivity index (χ3v) is 4.20. The molecule has 3 nitrogen and oxygen atoms in total. The summed E-state index contributed by atoms with van der Waals surface area (Å²) >= 11 is 3.39. The maximum absolute atomic E-state index is 11.9. The normalized spacial score (nSPS) is 23.1.